The molecule has 0 fully saturated rings. The molecule has 0 N–H and O–H groups in total. The Kier molecular flexibility index (Phi) is 3.78. The van der Waals surface area contributed by atoms with E-state index in [1.54, 1.807) is 6.07 Å². The Morgan fingerprint density at radius 1 is 1.16 bits per heavy atom. The summed E-state index contributed by atoms with van der Waals surface area (Å²) in [4.78, 5) is 22.8. The summed E-state index contributed by atoms with van der Waals surface area (Å²) >= 11 is 3.43. The number of nitro groups is 1. The second kappa shape index (κ2) is 5.98. The molecule has 0 saturated carbocycles. The highest BCUT2D eigenvalue weighted by atomic mass is 79.9. The van der Waals surface area contributed by atoms with Crippen molar-refractivity contribution in [2.75, 3.05) is 6.79 Å². The van der Waals surface area contributed by atoms with E-state index in [2.05, 4.69) is 15.9 Å². The molecule has 8 heteroatoms. The van der Waals surface area contributed by atoms with Crippen molar-refractivity contribution in [3.63, 3.8) is 0 Å². The molecule has 0 atom stereocenters. The average molecular weight is 404 g/mol. The highest BCUT2D eigenvalue weighted by Gasteiger charge is 2.20. The number of hydrogen-bond donors (Lipinski definition) is 0. The molecule has 0 saturated heterocycles. The van der Waals surface area contributed by atoms with Crippen LogP contribution < -0.4 is 10.2 Å². The van der Waals surface area contributed by atoms with Crippen LogP contribution in [0.5, 0.6) is 5.75 Å². The van der Waals surface area contributed by atoms with E-state index in [-0.39, 0.29) is 28.9 Å². The lowest BCUT2D eigenvalue weighted by Gasteiger charge is -2.20. The topological polar surface area (TPSA) is 91.8 Å². The molecule has 0 unspecified atom stereocenters. The fourth-order valence-electron chi connectivity index (χ4n) is 2.75. The molecule has 3 aromatic rings. The number of ether oxygens (including phenoxy) is 2. The van der Waals surface area contributed by atoms with Gasteiger partial charge in [-0.15, -0.1) is 0 Å². The maximum atomic E-state index is 12.4. The monoisotopic (exact) mass is 403 g/mol. The van der Waals surface area contributed by atoms with Crippen molar-refractivity contribution in [1.82, 2.24) is 0 Å². The van der Waals surface area contributed by atoms with Gasteiger partial charge in [0.1, 0.15) is 17.1 Å². The van der Waals surface area contributed by atoms with Gasteiger partial charge in [-0.25, -0.2) is 0 Å². The molecular weight excluding hydrogens is 394 g/mol. The molecule has 126 valence electrons. The second-order valence-electron chi connectivity index (χ2n) is 5.46. The van der Waals surface area contributed by atoms with Crippen LogP contribution in [0.4, 0.5) is 5.69 Å². The largest absolute Gasteiger partial charge is 0.466 e. The molecule has 0 aliphatic carbocycles. The molecule has 1 aliphatic heterocycles. The lowest BCUT2D eigenvalue weighted by molar-refractivity contribution is -0.384. The Morgan fingerprint density at radius 3 is 2.80 bits per heavy atom. The van der Waals surface area contributed by atoms with Crippen molar-refractivity contribution < 1.29 is 18.8 Å². The summed E-state index contributed by atoms with van der Waals surface area (Å²) in [6, 6.07) is 8.92. The molecule has 1 aromatic heterocycles. The Bertz CT molecular complexity index is 1070. The van der Waals surface area contributed by atoms with E-state index in [4.69, 9.17) is 13.9 Å². The third-order valence-electron chi connectivity index (χ3n) is 3.86. The van der Waals surface area contributed by atoms with E-state index in [1.807, 2.05) is 6.07 Å². The number of non-ortho nitro benzene ring substituents is 1. The number of rotatable bonds is 2. The molecule has 2 heterocycles. The SMILES string of the molecule is O=c1cc(-c2cc(Br)cc3c2OCOC3)oc2ccc([N+](=O)[O-])cc12. The van der Waals surface area contributed by atoms with E-state index < -0.39 is 4.92 Å². The number of hydrogen-bond acceptors (Lipinski definition) is 6. The lowest BCUT2D eigenvalue weighted by Crippen LogP contribution is -2.12. The van der Waals surface area contributed by atoms with Gasteiger partial charge in [-0.1, -0.05) is 15.9 Å². The summed E-state index contributed by atoms with van der Waals surface area (Å²) in [5.74, 6) is 0.921. The van der Waals surface area contributed by atoms with Crippen molar-refractivity contribution >= 4 is 32.6 Å². The number of nitro benzene ring substituents is 1. The number of nitrogens with zero attached hydrogens (tertiary/aromatic N) is 1. The fraction of sp³-hybridized carbons (Fsp3) is 0.118. The quantitative estimate of drug-likeness (QED) is 0.474. The van der Waals surface area contributed by atoms with Crippen LogP contribution in [-0.2, 0) is 11.3 Å². The van der Waals surface area contributed by atoms with Crippen LogP contribution in [-0.4, -0.2) is 11.7 Å². The van der Waals surface area contributed by atoms with Crippen LogP contribution in [0.15, 0.2) is 50.1 Å². The normalized spacial score (nSPS) is 13.3. The van der Waals surface area contributed by atoms with Gasteiger partial charge >= 0.3 is 0 Å². The molecule has 4 rings (SSSR count). The number of fused-ring (bicyclic) bond motifs is 2. The average Bonchev–Trinajstić information content (AvgIpc) is 2.60. The van der Waals surface area contributed by atoms with Crippen molar-refractivity contribution in [3.8, 4) is 17.1 Å². The molecule has 0 amide bonds. The highest BCUT2D eigenvalue weighted by molar-refractivity contribution is 9.10. The molecule has 0 radical (unpaired) electrons. The standard InChI is InChI=1S/C17H10BrNO6/c18-10-3-9-7-23-8-24-17(9)13(4-10)16-6-14(20)12-5-11(19(21)22)1-2-15(12)25-16/h1-6H,7-8H2. The minimum absolute atomic E-state index is 0.117. The minimum atomic E-state index is -0.550. The maximum Gasteiger partial charge on any atom is 0.270 e. The van der Waals surface area contributed by atoms with E-state index in [1.165, 1.54) is 24.3 Å². The van der Waals surface area contributed by atoms with E-state index >= 15 is 0 Å². The van der Waals surface area contributed by atoms with Gasteiger partial charge in [0, 0.05) is 28.2 Å². The summed E-state index contributed by atoms with van der Waals surface area (Å²) in [5, 5.41) is 11.0. The molecule has 7 nitrogen and oxygen atoms in total. The lowest BCUT2D eigenvalue weighted by atomic mass is 10.1. The minimum Gasteiger partial charge on any atom is -0.466 e. The predicted octanol–water partition coefficient (Wildman–Crippen LogP) is 4.00. The zero-order chi connectivity index (χ0) is 17.6. The summed E-state index contributed by atoms with van der Waals surface area (Å²) in [6.07, 6.45) is 0. The molecule has 1 aliphatic rings. The Hall–Kier alpha value is -2.71. The van der Waals surface area contributed by atoms with Gasteiger partial charge in [-0.05, 0) is 18.2 Å². The molecule has 0 spiro atoms. The van der Waals surface area contributed by atoms with E-state index in [0.717, 1.165) is 10.0 Å². The van der Waals surface area contributed by atoms with Crippen molar-refractivity contribution in [2.45, 2.75) is 6.61 Å². The van der Waals surface area contributed by atoms with Crippen LogP contribution in [0.3, 0.4) is 0 Å². The van der Waals surface area contributed by atoms with Crippen molar-refractivity contribution in [2.24, 2.45) is 0 Å². The van der Waals surface area contributed by atoms with Gasteiger partial charge in [-0.2, -0.15) is 0 Å². The first kappa shape index (κ1) is 15.8. The van der Waals surface area contributed by atoms with Gasteiger partial charge in [0.2, 0.25) is 0 Å². The summed E-state index contributed by atoms with van der Waals surface area (Å²) < 4.78 is 17.5. The second-order valence-corrected chi connectivity index (χ2v) is 6.38. The Morgan fingerprint density at radius 2 is 2.00 bits per heavy atom. The third kappa shape index (κ3) is 2.79. The number of benzene rings is 2. The van der Waals surface area contributed by atoms with Crippen molar-refractivity contribution in [3.05, 3.63) is 66.8 Å². The predicted molar refractivity (Wildman–Crippen MR) is 92.6 cm³/mol. The van der Waals surface area contributed by atoms with Crippen LogP contribution in [0, 0.1) is 10.1 Å². The highest BCUT2D eigenvalue weighted by Crippen LogP contribution is 2.38. The van der Waals surface area contributed by atoms with E-state index in [0.29, 0.717) is 23.7 Å². The molecule has 25 heavy (non-hydrogen) atoms. The zero-order valence-corrected chi connectivity index (χ0v) is 14.2. The zero-order valence-electron chi connectivity index (χ0n) is 12.7. The van der Waals surface area contributed by atoms with Crippen molar-refractivity contribution in [1.29, 1.82) is 0 Å². The van der Waals surface area contributed by atoms with Crippen LogP contribution in [0.2, 0.25) is 0 Å². The van der Waals surface area contributed by atoms with Gasteiger partial charge < -0.3 is 13.9 Å². The smallest absolute Gasteiger partial charge is 0.270 e. The molecule has 0 bridgehead atoms. The first-order valence-electron chi connectivity index (χ1n) is 7.28. The van der Waals surface area contributed by atoms with E-state index in [9.17, 15) is 14.9 Å². The molecule has 2 aromatic carbocycles. The Labute approximate surface area is 149 Å². The summed E-state index contributed by atoms with van der Waals surface area (Å²) in [7, 11) is 0. The van der Waals surface area contributed by atoms with Gasteiger partial charge in [0.25, 0.3) is 5.69 Å². The molecular formula is C17H10BrNO6. The Balaban J connectivity index is 1.94. The van der Waals surface area contributed by atoms with Crippen LogP contribution in [0.25, 0.3) is 22.3 Å². The maximum absolute atomic E-state index is 12.4. The first-order valence-corrected chi connectivity index (χ1v) is 8.08. The summed E-state index contributed by atoms with van der Waals surface area (Å²) in [5.41, 5.74) is 1.20. The number of halogens is 1. The third-order valence-corrected chi connectivity index (χ3v) is 4.32. The van der Waals surface area contributed by atoms with Crippen LogP contribution in [0.1, 0.15) is 5.56 Å². The van der Waals surface area contributed by atoms with Gasteiger partial charge in [-0.3, -0.25) is 14.9 Å². The van der Waals surface area contributed by atoms with Gasteiger partial charge in [0.15, 0.2) is 12.2 Å². The van der Waals surface area contributed by atoms with Gasteiger partial charge in [0.05, 0.1) is 22.5 Å². The first-order chi connectivity index (χ1) is 12.0. The van der Waals surface area contributed by atoms with Crippen LogP contribution >= 0.6 is 15.9 Å². The summed E-state index contributed by atoms with van der Waals surface area (Å²) in [6.45, 7) is 0.511. The fourth-order valence-corrected chi connectivity index (χ4v) is 3.26.